The molecule has 0 aromatic carbocycles. The van der Waals surface area contributed by atoms with E-state index in [1.54, 1.807) is 0 Å². The van der Waals surface area contributed by atoms with Gasteiger partial charge in [0, 0.05) is 9.75 Å². The molecular formula is C14H17NS2. The van der Waals surface area contributed by atoms with Crippen molar-refractivity contribution in [3.05, 3.63) is 56.9 Å². The molecule has 0 amide bonds. The topological polar surface area (TPSA) is 12.0 Å². The fraction of sp³-hybridized carbons (Fsp3) is 0.286. The zero-order chi connectivity index (χ0) is 11.9. The van der Waals surface area contributed by atoms with Gasteiger partial charge in [0.1, 0.15) is 0 Å². The molecule has 2 heterocycles. The number of allylic oxidation sites excluding steroid dienone is 1. The minimum Gasteiger partial charge on any atom is -0.305 e. The van der Waals surface area contributed by atoms with Crippen LogP contribution in [0.4, 0.5) is 0 Å². The van der Waals surface area contributed by atoms with E-state index in [9.17, 15) is 0 Å². The molecule has 0 aliphatic rings. The van der Waals surface area contributed by atoms with Crippen LogP contribution in [0, 0.1) is 0 Å². The Kier molecular flexibility index (Phi) is 4.98. The molecule has 1 N–H and O–H groups in total. The van der Waals surface area contributed by atoms with Crippen molar-refractivity contribution < 1.29 is 0 Å². The summed E-state index contributed by atoms with van der Waals surface area (Å²) in [6.45, 7) is 3.08. The van der Waals surface area contributed by atoms with E-state index in [2.05, 4.69) is 59.4 Å². The van der Waals surface area contributed by atoms with Crippen molar-refractivity contribution in [2.24, 2.45) is 0 Å². The summed E-state index contributed by atoms with van der Waals surface area (Å²) in [5.74, 6) is 0. The van der Waals surface area contributed by atoms with E-state index in [1.807, 2.05) is 22.7 Å². The molecule has 2 aromatic heterocycles. The number of nitrogens with one attached hydrogen (secondary N) is 1. The van der Waals surface area contributed by atoms with E-state index in [0.29, 0.717) is 6.04 Å². The second kappa shape index (κ2) is 6.74. The Bertz CT molecular complexity index is 395. The van der Waals surface area contributed by atoms with Gasteiger partial charge in [-0.05, 0) is 42.8 Å². The number of hydrogen-bond donors (Lipinski definition) is 1. The molecule has 1 nitrogen and oxygen atoms in total. The highest BCUT2D eigenvalue weighted by Gasteiger charge is 2.14. The SMILES string of the molecule is C/C=C/CCNC(c1cccs1)c1cccs1. The van der Waals surface area contributed by atoms with E-state index in [-0.39, 0.29) is 0 Å². The Labute approximate surface area is 111 Å². The van der Waals surface area contributed by atoms with E-state index >= 15 is 0 Å². The molecule has 0 saturated heterocycles. The smallest absolute Gasteiger partial charge is 0.0764 e. The van der Waals surface area contributed by atoms with Gasteiger partial charge in [-0.2, -0.15) is 0 Å². The quantitative estimate of drug-likeness (QED) is 0.599. The van der Waals surface area contributed by atoms with Crippen molar-refractivity contribution >= 4 is 22.7 Å². The van der Waals surface area contributed by atoms with Crippen LogP contribution in [-0.2, 0) is 0 Å². The van der Waals surface area contributed by atoms with E-state index in [0.717, 1.165) is 13.0 Å². The molecule has 0 saturated carbocycles. The lowest BCUT2D eigenvalue weighted by Crippen LogP contribution is -2.21. The van der Waals surface area contributed by atoms with Gasteiger partial charge >= 0.3 is 0 Å². The van der Waals surface area contributed by atoms with Gasteiger partial charge < -0.3 is 5.32 Å². The largest absolute Gasteiger partial charge is 0.305 e. The Morgan fingerprint density at radius 1 is 1.18 bits per heavy atom. The summed E-state index contributed by atoms with van der Waals surface area (Å²) in [5, 5.41) is 7.91. The predicted octanol–water partition coefficient (Wildman–Crippen LogP) is 4.45. The highest BCUT2D eigenvalue weighted by atomic mass is 32.1. The van der Waals surface area contributed by atoms with Gasteiger partial charge in [0.05, 0.1) is 6.04 Å². The molecule has 2 rings (SSSR count). The van der Waals surface area contributed by atoms with Crippen LogP contribution in [0.25, 0.3) is 0 Å². The summed E-state index contributed by atoms with van der Waals surface area (Å²) in [7, 11) is 0. The fourth-order valence-corrected chi connectivity index (χ4v) is 3.44. The highest BCUT2D eigenvalue weighted by molar-refractivity contribution is 7.11. The van der Waals surface area contributed by atoms with Crippen LogP contribution in [0.3, 0.4) is 0 Å². The second-order valence-corrected chi connectivity index (χ2v) is 5.73. The van der Waals surface area contributed by atoms with Crippen molar-refractivity contribution in [1.82, 2.24) is 5.32 Å². The van der Waals surface area contributed by atoms with Gasteiger partial charge in [-0.1, -0.05) is 24.3 Å². The first-order valence-corrected chi connectivity index (χ1v) is 7.59. The lowest BCUT2D eigenvalue weighted by atomic mass is 10.2. The third-order valence-corrected chi connectivity index (χ3v) is 4.42. The minimum atomic E-state index is 0.361. The van der Waals surface area contributed by atoms with Crippen molar-refractivity contribution in [3.8, 4) is 0 Å². The van der Waals surface area contributed by atoms with Crippen LogP contribution in [0.15, 0.2) is 47.2 Å². The zero-order valence-corrected chi connectivity index (χ0v) is 11.6. The van der Waals surface area contributed by atoms with Crippen molar-refractivity contribution in [1.29, 1.82) is 0 Å². The molecule has 0 spiro atoms. The maximum Gasteiger partial charge on any atom is 0.0764 e. The molecule has 0 aliphatic heterocycles. The number of thiophene rings is 2. The van der Waals surface area contributed by atoms with Crippen LogP contribution in [0.2, 0.25) is 0 Å². The van der Waals surface area contributed by atoms with Crippen molar-refractivity contribution in [2.45, 2.75) is 19.4 Å². The highest BCUT2D eigenvalue weighted by Crippen LogP contribution is 2.28. The van der Waals surface area contributed by atoms with E-state index in [1.165, 1.54) is 9.75 Å². The summed E-state index contributed by atoms with van der Waals surface area (Å²) in [4.78, 5) is 2.79. The van der Waals surface area contributed by atoms with E-state index in [4.69, 9.17) is 0 Å². The van der Waals surface area contributed by atoms with Crippen molar-refractivity contribution in [3.63, 3.8) is 0 Å². The van der Waals surface area contributed by atoms with Crippen LogP contribution >= 0.6 is 22.7 Å². The first kappa shape index (κ1) is 12.6. The number of rotatable bonds is 6. The molecule has 0 bridgehead atoms. The average molecular weight is 263 g/mol. The lowest BCUT2D eigenvalue weighted by Gasteiger charge is -2.15. The molecule has 0 aliphatic carbocycles. The van der Waals surface area contributed by atoms with Gasteiger partial charge in [0.15, 0.2) is 0 Å². The fourth-order valence-electron chi connectivity index (χ4n) is 1.73. The summed E-state index contributed by atoms with van der Waals surface area (Å²) in [6.07, 6.45) is 5.39. The van der Waals surface area contributed by atoms with Crippen LogP contribution < -0.4 is 5.32 Å². The first-order valence-electron chi connectivity index (χ1n) is 5.83. The Morgan fingerprint density at radius 2 is 1.82 bits per heavy atom. The predicted molar refractivity (Wildman–Crippen MR) is 77.9 cm³/mol. The van der Waals surface area contributed by atoms with Gasteiger partial charge in [-0.15, -0.1) is 22.7 Å². The molecule has 17 heavy (non-hydrogen) atoms. The molecule has 90 valence electrons. The Balaban J connectivity index is 2.04. The van der Waals surface area contributed by atoms with E-state index < -0.39 is 0 Å². The molecule has 0 atom stereocenters. The standard InChI is InChI=1S/C14H17NS2/c1-2-3-4-9-15-14(12-7-5-10-16-12)13-8-6-11-17-13/h2-3,5-8,10-11,14-15H,4,9H2,1H3/b3-2+. The first-order chi connectivity index (χ1) is 8.42. The van der Waals surface area contributed by atoms with Crippen molar-refractivity contribution in [2.75, 3.05) is 6.54 Å². The Hall–Kier alpha value is -0.900. The molecule has 2 aromatic rings. The second-order valence-electron chi connectivity index (χ2n) is 3.78. The molecule has 3 heteroatoms. The molecule has 0 fully saturated rings. The molecule has 0 radical (unpaired) electrons. The van der Waals surface area contributed by atoms with Gasteiger partial charge in [-0.3, -0.25) is 0 Å². The molecule has 0 unspecified atom stereocenters. The zero-order valence-electron chi connectivity index (χ0n) is 9.93. The number of hydrogen-bond acceptors (Lipinski definition) is 3. The summed E-state index contributed by atoms with van der Waals surface area (Å²) in [6, 6.07) is 9.01. The monoisotopic (exact) mass is 263 g/mol. The minimum absolute atomic E-state index is 0.361. The third kappa shape index (κ3) is 3.53. The van der Waals surface area contributed by atoms with Crippen LogP contribution in [0.5, 0.6) is 0 Å². The summed E-state index contributed by atoms with van der Waals surface area (Å²) in [5.41, 5.74) is 0. The van der Waals surface area contributed by atoms with Gasteiger partial charge in [0.2, 0.25) is 0 Å². The normalized spacial score (nSPS) is 11.6. The van der Waals surface area contributed by atoms with Crippen LogP contribution in [0.1, 0.15) is 29.1 Å². The van der Waals surface area contributed by atoms with Gasteiger partial charge in [-0.25, -0.2) is 0 Å². The molecular weight excluding hydrogens is 246 g/mol. The van der Waals surface area contributed by atoms with Gasteiger partial charge in [0.25, 0.3) is 0 Å². The Morgan fingerprint density at radius 3 is 2.29 bits per heavy atom. The summed E-state index contributed by atoms with van der Waals surface area (Å²) >= 11 is 3.64. The van der Waals surface area contributed by atoms with Crippen LogP contribution in [-0.4, -0.2) is 6.54 Å². The average Bonchev–Trinajstić information content (AvgIpc) is 3.02. The maximum absolute atomic E-state index is 3.63. The summed E-state index contributed by atoms with van der Waals surface area (Å²) < 4.78 is 0. The lowest BCUT2D eigenvalue weighted by molar-refractivity contribution is 0.627. The maximum atomic E-state index is 3.63. The third-order valence-electron chi connectivity index (χ3n) is 2.55.